The number of carbonyl (C=O) groups is 2. The fourth-order valence-electron chi connectivity index (χ4n) is 12.5. The SMILES string of the molecule is CCN1/C(=C/C=C/C=C/C2=[N+](CCCCCC(=O)O)c3ccc(C)cc3C2(C)C)C(C)(C)c2cc(C)ccc21.CCN1/C(=C/C=C/C=C/C2=[N+](CCCCCC(=O)O)c3ccc(C)cc3C2(C)C)C(C)(C)c2cc(P(=O)(O)O)ccc21. The van der Waals surface area contributed by atoms with Crippen molar-refractivity contribution in [2.75, 3.05) is 36.0 Å². The number of fused-ring (bicyclic) bond motifs is 4. The summed E-state index contributed by atoms with van der Waals surface area (Å²) in [5, 5.41) is 18.0. The number of aliphatic carboxylic acids is 2. The van der Waals surface area contributed by atoms with Gasteiger partial charge in [-0.3, -0.25) is 14.2 Å². The van der Waals surface area contributed by atoms with Gasteiger partial charge in [0, 0.05) is 108 Å². The van der Waals surface area contributed by atoms with E-state index in [4.69, 9.17) is 10.2 Å². The zero-order valence-corrected chi connectivity index (χ0v) is 51.3. The van der Waals surface area contributed by atoms with E-state index in [1.807, 2.05) is 18.2 Å². The van der Waals surface area contributed by atoms with Crippen LogP contribution in [0.4, 0.5) is 22.7 Å². The molecule has 0 spiro atoms. The van der Waals surface area contributed by atoms with Crippen LogP contribution < -0.4 is 15.1 Å². The lowest BCUT2D eigenvalue weighted by atomic mass is 9.81. The minimum absolute atomic E-state index is 0.0371. The molecule has 0 saturated heterocycles. The molecule has 4 aromatic rings. The number of anilines is 2. The number of carboxylic acids is 2. The Morgan fingerprint density at radius 1 is 0.494 bits per heavy atom. The minimum Gasteiger partial charge on any atom is -0.481 e. The molecule has 12 heteroatoms. The Labute approximate surface area is 483 Å². The summed E-state index contributed by atoms with van der Waals surface area (Å²) in [7, 11) is -4.34. The quantitative estimate of drug-likeness (QED) is 0.0277. The molecule has 4 aliphatic rings. The normalized spacial score (nSPS) is 18.5. The Hall–Kier alpha value is -6.65. The van der Waals surface area contributed by atoms with E-state index in [0.717, 1.165) is 75.2 Å². The van der Waals surface area contributed by atoms with Crippen LogP contribution in [0.5, 0.6) is 0 Å². The van der Waals surface area contributed by atoms with Gasteiger partial charge in [0.2, 0.25) is 11.4 Å². The van der Waals surface area contributed by atoms with Crippen molar-refractivity contribution in [2.45, 2.75) is 163 Å². The number of nitrogens with zero attached hydrogens (tertiary/aromatic N) is 4. The monoisotopic (exact) mass is 1120 g/mol. The molecule has 8 rings (SSSR count). The first kappa shape index (κ1) is 62.0. The first-order valence-corrected chi connectivity index (χ1v) is 30.7. The summed E-state index contributed by atoms with van der Waals surface area (Å²) < 4.78 is 16.7. The van der Waals surface area contributed by atoms with Gasteiger partial charge in [-0.15, -0.1) is 0 Å². The Balaban J connectivity index is 0.000000234. The molecular weight excluding hydrogens is 1030 g/mol. The highest BCUT2D eigenvalue weighted by Crippen LogP contribution is 2.50. The second kappa shape index (κ2) is 25.2. The predicted octanol–water partition coefficient (Wildman–Crippen LogP) is 14.8. The van der Waals surface area contributed by atoms with Gasteiger partial charge < -0.3 is 29.8 Å². The molecule has 11 nitrogen and oxygen atoms in total. The van der Waals surface area contributed by atoms with Crippen LogP contribution in [0.3, 0.4) is 0 Å². The zero-order chi connectivity index (χ0) is 59.2. The number of rotatable bonds is 21. The number of benzene rings is 4. The highest BCUT2D eigenvalue weighted by molar-refractivity contribution is 7.60. The Morgan fingerprint density at radius 2 is 0.877 bits per heavy atom. The number of unbranched alkanes of at least 4 members (excludes halogenated alkanes) is 4. The van der Waals surface area contributed by atoms with Gasteiger partial charge in [0.15, 0.2) is 11.4 Å². The molecule has 0 aliphatic carbocycles. The van der Waals surface area contributed by atoms with Gasteiger partial charge in [-0.1, -0.05) is 105 Å². The van der Waals surface area contributed by atoms with Gasteiger partial charge in [0.25, 0.3) is 0 Å². The van der Waals surface area contributed by atoms with Crippen LogP contribution in [-0.2, 0) is 35.8 Å². The van der Waals surface area contributed by atoms with Crippen molar-refractivity contribution >= 4 is 59.0 Å². The van der Waals surface area contributed by atoms with Crippen molar-refractivity contribution in [1.82, 2.24) is 0 Å². The number of carboxylic acid groups (broad SMARTS) is 2. The Morgan fingerprint density at radius 3 is 1.27 bits per heavy atom. The molecule has 0 bridgehead atoms. The van der Waals surface area contributed by atoms with E-state index >= 15 is 0 Å². The third-order valence-electron chi connectivity index (χ3n) is 17.0. The molecule has 0 saturated carbocycles. The average Bonchev–Trinajstić information content (AvgIpc) is 2.71. The first-order chi connectivity index (χ1) is 38.2. The number of allylic oxidation sites excluding steroid dienone is 12. The third-order valence-corrected chi connectivity index (χ3v) is 17.9. The molecule has 0 atom stereocenters. The van der Waals surface area contributed by atoms with Crippen molar-refractivity contribution in [1.29, 1.82) is 0 Å². The summed E-state index contributed by atoms with van der Waals surface area (Å²) in [5.41, 5.74) is 17.8. The third kappa shape index (κ3) is 13.3. The lowest BCUT2D eigenvalue weighted by molar-refractivity contribution is -0.438. The van der Waals surface area contributed by atoms with E-state index in [1.165, 1.54) is 73.6 Å². The summed E-state index contributed by atoms with van der Waals surface area (Å²) >= 11 is 0. The van der Waals surface area contributed by atoms with Crippen LogP contribution in [-0.4, -0.2) is 78.7 Å². The maximum Gasteiger partial charge on any atom is 0.356 e. The summed E-state index contributed by atoms with van der Waals surface area (Å²) in [6.07, 6.45) is 27.0. The van der Waals surface area contributed by atoms with Crippen LogP contribution in [0.25, 0.3) is 0 Å². The van der Waals surface area contributed by atoms with Crippen LogP contribution in [0.2, 0.25) is 0 Å². The highest BCUT2D eigenvalue weighted by atomic mass is 31.2. The van der Waals surface area contributed by atoms with Gasteiger partial charge in [0.1, 0.15) is 13.1 Å². The standard InChI is InChI=1S/C35H44N2O2.C34H43N2O5P/c1-8-36-29-20-18-25(2)23-27(29)34(4,5)31(36)15-11-9-12-16-32-35(6,7)28-24-26(3)19-21-30(28)37(32)22-14-10-13-17-33(38)39;1-7-35-28-20-18-25(42(39,40)41)23-27(28)34(5,6)30(35)14-10-8-11-15-31-33(3,4)26-22-24(2)17-19-29(26)36(31)21-13-9-12-16-32(37)38/h9,11-12,15-16,18-21,23-24H,8,10,13-14,17,22H2,1-7H3;8,10-11,14-15,17-20,22-23H,7,9,12-13,16,21H2,1-6H3,(H2-,37,38,39,40,41)/p+2. The second-order valence-corrected chi connectivity index (χ2v) is 26.0. The van der Waals surface area contributed by atoms with E-state index < -0.39 is 24.9 Å². The maximum atomic E-state index is 11.9. The summed E-state index contributed by atoms with van der Waals surface area (Å²) in [4.78, 5) is 45.9. The fraction of sp³-hybridized carbons (Fsp3) is 0.420. The van der Waals surface area contributed by atoms with Crippen molar-refractivity contribution in [2.24, 2.45) is 0 Å². The number of aryl methyl sites for hydroxylation is 3. The molecule has 0 unspecified atom stereocenters. The lowest BCUT2D eigenvalue weighted by Gasteiger charge is -2.25. The zero-order valence-electron chi connectivity index (χ0n) is 50.4. The van der Waals surface area contributed by atoms with Gasteiger partial charge in [0.05, 0.1) is 16.1 Å². The van der Waals surface area contributed by atoms with Crippen molar-refractivity contribution in [3.8, 4) is 0 Å². The van der Waals surface area contributed by atoms with E-state index in [0.29, 0.717) is 6.42 Å². The summed E-state index contributed by atoms with van der Waals surface area (Å²) in [6, 6.07) is 25.1. The Kier molecular flexibility index (Phi) is 19.3. The number of hydrogen-bond acceptors (Lipinski definition) is 5. The molecule has 4 aromatic carbocycles. The highest BCUT2D eigenvalue weighted by Gasteiger charge is 2.46. The van der Waals surface area contributed by atoms with Gasteiger partial charge >= 0.3 is 19.5 Å². The number of hydrogen-bond donors (Lipinski definition) is 4. The van der Waals surface area contributed by atoms with E-state index in [-0.39, 0.29) is 34.4 Å². The molecular formula is C69H89N4O7P+2. The molecule has 0 aromatic heterocycles. The van der Waals surface area contributed by atoms with Crippen molar-refractivity contribution < 1.29 is 43.3 Å². The van der Waals surface area contributed by atoms with Crippen LogP contribution >= 0.6 is 7.60 Å². The topological polar surface area (TPSA) is 145 Å². The predicted molar refractivity (Wildman–Crippen MR) is 334 cm³/mol. The second-order valence-electron chi connectivity index (χ2n) is 24.4. The average molecular weight is 1120 g/mol. The molecule has 4 aliphatic heterocycles. The molecule has 4 heterocycles. The van der Waals surface area contributed by atoms with Crippen LogP contribution in [0, 0.1) is 20.8 Å². The van der Waals surface area contributed by atoms with Gasteiger partial charge in [-0.2, -0.15) is 9.15 Å². The first-order valence-electron chi connectivity index (χ1n) is 29.1. The van der Waals surface area contributed by atoms with Crippen LogP contribution in [0.1, 0.15) is 160 Å². The smallest absolute Gasteiger partial charge is 0.356 e. The maximum absolute atomic E-state index is 11.9. The molecule has 4 N–H and O–H groups in total. The Bertz CT molecular complexity index is 3360. The molecule has 430 valence electrons. The largest absolute Gasteiger partial charge is 0.481 e. The van der Waals surface area contributed by atoms with Gasteiger partial charge in [-0.05, 0) is 148 Å². The van der Waals surface area contributed by atoms with Crippen molar-refractivity contribution in [3.63, 3.8) is 0 Å². The molecule has 0 fully saturated rings. The van der Waals surface area contributed by atoms with Crippen molar-refractivity contribution in [3.05, 3.63) is 184 Å². The molecule has 0 radical (unpaired) electrons. The van der Waals surface area contributed by atoms with E-state index in [1.54, 1.807) is 6.07 Å². The molecule has 0 amide bonds. The summed E-state index contributed by atoms with van der Waals surface area (Å²) in [6.45, 7) is 32.1. The lowest BCUT2D eigenvalue weighted by Crippen LogP contribution is -2.28. The molecule has 81 heavy (non-hydrogen) atoms. The van der Waals surface area contributed by atoms with E-state index in [9.17, 15) is 23.9 Å². The fourth-order valence-corrected chi connectivity index (χ4v) is 13.1. The minimum atomic E-state index is -4.34. The van der Waals surface area contributed by atoms with Crippen LogP contribution in [0.15, 0.2) is 145 Å². The summed E-state index contributed by atoms with van der Waals surface area (Å²) in [5.74, 6) is -1.45. The number of likely N-dealkylation sites (N-methyl/N-ethyl adjacent to an activating group) is 2. The van der Waals surface area contributed by atoms with E-state index in [2.05, 4.69) is 212 Å². The van der Waals surface area contributed by atoms with Gasteiger partial charge in [-0.25, -0.2) is 0 Å².